The molecule has 3 nitrogen and oxygen atoms in total. The van der Waals surface area contributed by atoms with E-state index in [9.17, 15) is 0 Å². The Balaban J connectivity index is 1.69. The smallest absolute Gasteiger partial charge is 0.119 e. The highest BCUT2D eigenvalue weighted by molar-refractivity contribution is 6.30. The molecule has 1 N–H and O–H groups in total. The minimum Gasteiger partial charge on any atom is -0.494 e. The highest BCUT2D eigenvalue weighted by Crippen LogP contribution is 2.49. The number of rotatable bonds is 3. The van der Waals surface area contributed by atoms with Gasteiger partial charge in [0.15, 0.2) is 0 Å². The Morgan fingerprint density at radius 2 is 2.04 bits per heavy atom. The summed E-state index contributed by atoms with van der Waals surface area (Å²) in [7, 11) is 0. The number of anilines is 1. The van der Waals surface area contributed by atoms with Crippen molar-refractivity contribution in [1.82, 2.24) is 0 Å². The topological polar surface area (TPSA) is 30.5 Å². The van der Waals surface area contributed by atoms with Crippen LogP contribution >= 0.6 is 11.6 Å². The third kappa shape index (κ3) is 2.87. The fourth-order valence-corrected chi connectivity index (χ4v) is 4.09. The number of hydrogen-bond donors (Lipinski definition) is 1. The summed E-state index contributed by atoms with van der Waals surface area (Å²) in [6.45, 7) is 3.51. The average molecular weight is 344 g/mol. The molecule has 2 aromatic rings. The average Bonchev–Trinajstić information content (AvgIpc) is 2.62. The van der Waals surface area contributed by atoms with Crippen molar-refractivity contribution >= 4 is 17.3 Å². The molecule has 24 heavy (non-hydrogen) atoms. The lowest BCUT2D eigenvalue weighted by atomic mass is 9.77. The van der Waals surface area contributed by atoms with Crippen molar-refractivity contribution < 1.29 is 9.47 Å². The second kappa shape index (κ2) is 6.66. The fraction of sp³-hybridized carbons (Fsp3) is 0.400. The number of fused-ring (bicyclic) bond motifs is 3. The van der Waals surface area contributed by atoms with Gasteiger partial charge in [0.1, 0.15) is 5.75 Å². The molecule has 1 unspecified atom stereocenters. The van der Waals surface area contributed by atoms with E-state index in [0.29, 0.717) is 12.5 Å². The van der Waals surface area contributed by atoms with Crippen LogP contribution in [0.1, 0.15) is 43.0 Å². The maximum absolute atomic E-state index is 6.21. The summed E-state index contributed by atoms with van der Waals surface area (Å²) in [4.78, 5) is 0. The molecule has 0 aliphatic carbocycles. The van der Waals surface area contributed by atoms with Crippen LogP contribution in [0.2, 0.25) is 5.02 Å². The minimum absolute atomic E-state index is 0.116. The SMILES string of the molecule is CCOc1ccc(C2Nc3ccc(Cl)cc3[C@H]3OCCC[C@@H]23)cc1. The highest BCUT2D eigenvalue weighted by Gasteiger charge is 2.39. The van der Waals surface area contributed by atoms with Gasteiger partial charge < -0.3 is 14.8 Å². The van der Waals surface area contributed by atoms with E-state index in [1.54, 1.807) is 0 Å². The van der Waals surface area contributed by atoms with E-state index in [4.69, 9.17) is 21.1 Å². The van der Waals surface area contributed by atoms with Crippen molar-refractivity contribution in [3.05, 3.63) is 58.6 Å². The third-order valence-corrected chi connectivity index (χ3v) is 5.21. The quantitative estimate of drug-likeness (QED) is 0.812. The predicted molar refractivity (Wildman–Crippen MR) is 96.8 cm³/mol. The van der Waals surface area contributed by atoms with E-state index in [1.807, 2.05) is 19.1 Å². The molecule has 0 aromatic heterocycles. The lowest BCUT2D eigenvalue weighted by molar-refractivity contribution is -0.0381. The number of hydrogen-bond acceptors (Lipinski definition) is 3. The molecule has 2 heterocycles. The van der Waals surface area contributed by atoms with Gasteiger partial charge in [-0.3, -0.25) is 0 Å². The largest absolute Gasteiger partial charge is 0.494 e. The Morgan fingerprint density at radius 3 is 2.83 bits per heavy atom. The summed E-state index contributed by atoms with van der Waals surface area (Å²) < 4.78 is 11.7. The first-order chi connectivity index (χ1) is 11.8. The maximum atomic E-state index is 6.21. The molecule has 0 spiro atoms. The van der Waals surface area contributed by atoms with E-state index < -0.39 is 0 Å². The molecule has 2 aliphatic rings. The van der Waals surface area contributed by atoms with Crippen LogP contribution in [0.3, 0.4) is 0 Å². The van der Waals surface area contributed by atoms with Gasteiger partial charge in [0.05, 0.1) is 18.8 Å². The lowest BCUT2D eigenvalue weighted by Crippen LogP contribution is -2.35. The zero-order chi connectivity index (χ0) is 16.5. The zero-order valence-corrected chi connectivity index (χ0v) is 14.6. The molecule has 126 valence electrons. The molecule has 0 radical (unpaired) electrons. The number of nitrogens with one attached hydrogen (secondary N) is 1. The molecule has 0 saturated carbocycles. The van der Waals surface area contributed by atoms with E-state index in [0.717, 1.165) is 35.9 Å². The molecule has 0 amide bonds. The van der Waals surface area contributed by atoms with Gasteiger partial charge in [-0.05, 0) is 55.7 Å². The second-order valence-electron chi connectivity index (χ2n) is 6.45. The van der Waals surface area contributed by atoms with Crippen molar-refractivity contribution in [2.45, 2.75) is 31.9 Å². The van der Waals surface area contributed by atoms with E-state index in [2.05, 4.69) is 35.6 Å². The first-order valence-electron chi connectivity index (χ1n) is 8.66. The lowest BCUT2D eigenvalue weighted by Gasteiger charge is -2.43. The summed E-state index contributed by atoms with van der Waals surface area (Å²) in [6, 6.07) is 14.7. The number of halogens is 1. The summed E-state index contributed by atoms with van der Waals surface area (Å²) >= 11 is 6.21. The van der Waals surface area contributed by atoms with E-state index in [1.165, 1.54) is 11.1 Å². The van der Waals surface area contributed by atoms with Crippen LogP contribution < -0.4 is 10.1 Å². The van der Waals surface area contributed by atoms with Crippen molar-refractivity contribution in [3.63, 3.8) is 0 Å². The van der Waals surface area contributed by atoms with Crippen LogP contribution in [0.4, 0.5) is 5.69 Å². The van der Waals surface area contributed by atoms with Crippen LogP contribution in [0.25, 0.3) is 0 Å². The van der Waals surface area contributed by atoms with E-state index in [-0.39, 0.29) is 12.1 Å². The molecule has 1 fully saturated rings. The van der Waals surface area contributed by atoms with Crippen LogP contribution in [0, 0.1) is 5.92 Å². The van der Waals surface area contributed by atoms with E-state index >= 15 is 0 Å². The summed E-state index contributed by atoms with van der Waals surface area (Å²) in [5.41, 5.74) is 3.59. The summed E-state index contributed by atoms with van der Waals surface area (Å²) in [6.07, 6.45) is 2.37. The summed E-state index contributed by atoms with van der Waals surface area (Å²) in [5.74, 6) is 1.34. The first-order valence-corrected chi connectivity index (χ1v) is 9.04. The van der Waals surface area contributed by atoms with Gasteiger partial charge in [-0.1, -0.05) is 23.7 Å². The fourth-order valence-electron chi connectivity index (χ4n) is 3.91. The second-order valence-corrected chi connectivity index (χ2v) is 6.89. The standard InChI is InChI=1S/C20H22ClNO2/c1-2-23-15-8-5-13(6-9-15)19-16-4-3-11-24-20(16)17-12-14(21)7-10-18(17)22-19/h5-10,12,16,19-20,22H,2-4,11H2,1H3/t16-,19?,20-/m0/s1. The Hall–Kier alpha value is -1.71. The van der Waals surface area contributed by atoms with Crippen LogP contribution in [-0.2, 0) is 4.74 Å². The highest BCUT2D eigenvalue weighted by atomic mass is 35.5. The Bertz CT molecular complexity index is 716. The van der Waals surface area contributed by atoms with Gasteiger partial charge in [-0.15, -0.1) is 0 Å². The van der Waals surface area contributed by atoms with Gasteiger partial charge in [-0.2, -0.15) is 0 Å². The summed E-state index contributed by atoms with van der Waals surface area (Å²) in [5, 5.41) is 4.48. The third-order valence-electron chi connectivity index (χ3n) is 4.98. The van der Waals surface area contributed by atoms with Gasteiger partial charge in [-0.25, -0.2) is 0 Å². The molecule has 2 aromatic carbocycles. The molecule has 3 atom stereocenters. The minimum atomic E-state index is 0.116. The number of benzene rings is 2. The Morgan fingerprint density at radius 1 is 1.21 bits per heavy atom. The van der Waals surface area contributed by atoms with Crippen LogP contribution in [0.5, 0.6) is 5.75 Å². The van der Waals surface area contributed by atoms with Crippen LogP contribution in [0.15, 0.2) is 42.5 Å². The zero-order valence-electron chi connectivity index (χ0n) is 13.8. The molecule has 2 aliphatic heterocycles. The molecule has 0 bridgehead atoms. The number of ether oxygens (including phenoxy) is 2. The van der Waals surface area contributed by atoms with Gasteiger partial charge >= 0.3 is 0 Å². The maximum Gasteiger partial charge on any atom is 0.119 e. The van der Waals surface area contributed by atoms with Crippen molar-refractivity contribution in [2.24, 2.45) is 5.92 Å². The Labute approximate surface area is 147 Å². The molecule has 1 saturated heterocycles. The monoisotopic (exact) mass is 343 g/mol. The normalized spacial score (nSPS) is 25.3. The van der Waals surface area contributed by atoms with Crippen molar-refractivity contribution in [2.75, 3.05) is 18.5 Å². The molecule has 4 heteroatoms. The van der Waals surface area contributed by atoms with Gasteiger partial charge in [0, 0.05) is 28.8 Å². The predicted octanol–water partition coefficient (Wildman–Crippen LogP) is 5.37. The van der Waals surface area contributed by atoms with Gasteiger partial charge in [0.2, 0.25) is 0 Å². The molecular weight excluding hydrogens is 322 g/mol. The Kier molecular flexibility index (Phi) is 4.38. The molecule has 4 rings (SSSR count). The molecular formula is C20H22ClNO2. The van der Waals surface area contributed by atoms with Gasteiger partial charge in [0.25, 0.3) is 0 Å². The van der Waals surface area contributed by atoms with Crippen molar-refractivity contribution in [3.8, 4) is 5.75 Å². The first kappa shape index (κ1) is 15.8. The van der Waals surface area contributed by atoms with Crippen molar-refractivity contribution in [1.29, 1.82) is 0 Å². The van der Waals surface area contributed by atoms with Crippen LogP contribution in [-0.4, -0.2) is 13.2 Å².